The van der Waals surface area contributed by atoms with Gasteiger partial charge in [0.1, 0.15) is 11.6 Å². The predicted molar refractivity (Wildman–Crippen MR) is 149 cm³/mol. The Morgan fingerprint density at radius 3 is 2.30 bits per heavy atom. The first-order valence-corrected chi connectivity index (χ1v) is 14.6. The lowest BCUT2D eigenvalue weighted by atomic mass is 9.87. The molecule has 0 aliphatic heterocycles. The Hall–Kier alpha value is -4.72. The molecule has 1 fully saturated rings. The number of methoxy groups -OCH3 is 1. The summed E-state index contributed by atoms with van der Waals surface area (Å²) in [4.78, 5) is 37.1. The number of ether oxygens (including phenoxy) is 1. The summed E-state index contributed by atoms with van der Waals surface area (Å²) in [6.07, 6.45) is 4.15. The van der Waals surface area contributed by atoms with Crippen LogP contribution in [0.15, 0.2) is 77.7 Å². The van der Waals surface area contributed by atoms with Crippen LogP contribution in [0.2, 0.25) is 0 Å². The number of rotatable bonds is 8. The molecule has 9 nitrogen and oxygen atoms in total. The minimum atomic E-state index is -5.64. The molecule has 3 aromatic rings. The maximum Gasteiger partial charge on any atom is 0.501 e. The zero-order valence-electron chi connectivity index (χ0n) is 22.8. The summed E-state index contributed by atoms with van der Waals surface area (Å²) in [5.74, 6) is -4.73. The number of allylic oxidation sites excluding steroid dienone is 1. The Labute approximate surface area is 248 Å². The van der Waals surface area contributed by atoms with Crippen molar-refractivity contribution < 1.29 is 50.2 Å². The first-order valence-electron chi connectivity index (χ1n) is 13.1. The van der Waals surface area contributed by atoms with E-state index in [2.05, 4.69) is 10.6 Å². The van der Waals surface area contributed by atoms with Gasteiger partial charge in [-0.25, -0.2) is 17.6 Å². The molecule has 0 saturated heterocycles. The highest BCUT2D eigenvalue weighted by Crippen LogP contribution is 2.45. The monoisotopic (exact) mass is 632 g/mol. The number of carboxylic acid groups (broad SMARTS) is 1. The van der Waals surface area contributed by atoms with Crippen molar-refractivity contribution in [1.29, 1.82) is 0 Å². The Kier molecular flexibility index (Phi) is 7.97. The minimum Gasteiger partial charge on any atom is -0.496 e. The number of hydrogen-bond acceptors (Lipinski definition) is 6. The number of aromatic carboxylic acids is 1. The molecule has 0 aromatic heterocycles. The fourth-order valence-corrected chi connectivity index (χ4v) is 6.43. The Morgan fingerprint density at radius 1 is 0.977 bits per heavy atom. The van der Waals surface area contributed by atoms with E-state index in [-0.39, 0.29) is 40.0 Å². The van der Waals surface area contributed by atoms with Crippen LogP contribution >= 0.6 is 0 Å². The molecule has 44 heavy (non-hydrogen) atoms. The average Bonchev–Trinajstić information content (AvgIpc) is 3.58. The summed E-state index contributed by atoms with van der Waals surface area (Å²) < 4.78 is 83.0. The second kappa shape index (κ2) is 11.4. The molecule has 2 amide bonds. The molecule has 0 heterocycles. The Bertz CT molecular complexity index is 1790. The Morgan fingerprint density at radius 2 is 1.66 bits per heavy atom. The highest BCUT2D eigenvalue weighted by Gasteiger charge is 2.49. The van der Waals surface area contributed by atoms with Crippen molar-refractivity contribution >= 4 is 33.3 Å². The van der Waals surface area contributed by atoms with Gasteiger partial charge in [0, 0.05) is 23.4 Å². The van der Waals surface area contributed by atoms with Crippen molar-refractivity contribution in [3.05, 3.63) is 89.8 Å². The van der Waals surface area contributed by atoms with E-state index in [0.717, 1.165) is 18.2 Å². The number of nitrogens with one attached hydrogen (secondary N) is 2. The summed E-state index contributed by atoms with van der Waals surface area (Å²) in [6.45, 7) is 0. The van der Waals surface area contributed by atoms with Crippen LogP contribution in [0.5, 0.6) is 5.75 Å². The zero-order chi connectivity index (χ0) is 32.0. The topological polar surface area (TPSA) is 139 Å². The lowest BCUT2D eigenvalue weighted by Crippen LogP contribution is -2.47. The van der Waals surface area contributed by atoms with Gasteiger partial charge in [0.2, 0.25) is 5.91 Å². The van der Waals surface area contributed by atoms with E-state index in [1.54, 1.807) is 6.08 Å². The van der Waals surface area contributed by atoms with Gasteiger partial charge >= 0.3 is 11.5 Å². The smallest absolute Gasteiger partial charge is 0.496 e. The van der Waals surface area contributed by atoms with Crippen molar-refractivity contribution in [3.63, 3.8) is 0 Å². The number of anilines is 1. The lowest BCUT2D eigenvalue weighted by molar-refractivity contribution is -0.121. The maximum atomic E-state index is 15.0. The molecule has 5 rings (SSSR count). The molecule has 1 saturated carbocycles. The molecule has 2 aliphatic rings. The largest absolute Gasteiger partial charge is 0.501 e. The molecule has 3 aromatic carbocycles. The maximum absolute atomic E-state index is 15.0. The number of halogens is 4. The van der Waals surface area contributed by atoms with E-state index in [1.165, 1.54) is 43.5 Å². The van der Waals surface area contributed by atoms with Crippen molar-refractivity contribution in [2.24, 2.45) is 17.8 Å². The zero-order valence-corrected chi connectivity index (χ0v) is 23.6. The first kappa shape index (κ1) is 30.7. The first-order chi connectivity index (χ1) is 20.7. The summed E-state index contributed by atoms with van der Waals surface area (Å²) in [7, 11) is -4.40. The van der Waals surface area contributed by atoms with E-state index in [1.807, 2.05) is 6.08 Å². The molecule has 0 unspecified atom stereocenters. The van der Waals surface area contributed by atoms with Crippen LogP contribution in [0, 0.1) is 23.6 Å². The normalized spacial score (nSPS) is 20.8. The molecule has 2 aliphatic carbocycles. The van der Waals surface area contributed by atoms with E-state index in [9.17, 15) is 36.0 Å². The van der Waals surface area contributed by atoms with Crippen LogP contribution in [0.3, 0.4) is 0 Å². The van der Waals surface area contributed by atoms with Gasteiger partial charge in [-0.2, -0.15) is 13.2 Å². The third kappa shape index (κ3) is 5.64. The molecule has 2 bridgehead atoms. The summed E-state index contributed by atoms with van der Waals surface area (Å²) in [6, 6.07) is 10.7. The number of fused-ring (bicyclic) bond motifs is 2. The van der Waals surface area contributed by atoms with Gasteiger partial charge < -0.3 is 20.5 Å². The minimum absolute atomic E-state index is 0.00344. The van der Waals surface area contributed by atoms with Gasteiger partial charge in [-0.1, -0.05) is 30.4 Å². The predicted octanol–water partition coefficient (Wildman–Crippen LogP) is 5.05. The van der Waals surface area contributed by atoms with Gasteiger partial charge in [-0.15, -0.1) is 0 Å². The highest BCUT2D eigenvalue weighted by atomic mass is 32.2. The van der Waals surface area contributed by atoms with Crippen LogP contribution in [0.4, 0.5) is 23.2 Å². The second-order valence-corrected chi connectivity index (χ2v) is 12.3. The fourth-order valence-electron chi connectivity index (χ4n) is 5.62. The van der Waals surface area contributed by atoms with Crippen molar-refractivity contribution in [2.75, 3.05) is 12.4 Å². The molecule has 14 heteroatoms. The average molecular weight is 633 g/mol. The number of carbonyl (C=O) groups excluding carboxylic acids is 2. The summed E-state index contributed by atoms with van der Waals surface area (Å²) in [5.41, 5.74) is -5.45. The van der Waals surface area contributed by atoms with Gasteiger partial charge in [-0.3, -0.25) is 9.59 Å². The molecule has 0 radical (unpaired) electrons. The van der Waals surface area contributed by atoms with E-state index < -0.39 is 55.8 Å². The quantitative estimate of drug-likeness (QED) is 0.233. The third-order valence-corrected chi connectivity index (χ3v) is 9.24. The molecule has 4 atom stereocenters. The number of amides is 2. The molecule has 3 N–H and O–H groups in total. The summed E-state index contributed by atoms with van der Waals surface area (Å²) >= 11 is 0. The Balaban J connectivity index is 1.40. The number of alkyl halides is 3. The number of hydrogen-bond donors (Lipinski definition) is 3. The van der Waals surface area contributed by atoms with Crippen LogP contribution < -0.4 is 15.4 Å². The van der Waals surface area contributed by atoms with E-state index in [0.29, 0.717) is 18.1 Å². The summed E-state index contributed by atoms with van der Waals surface area (Å²) in [5, 5.41) is 14.4. The fraction of sp³-hybridized carbons (Fsp3) is 0.233. The van der Waals surface area contributed by atoms with Crippen LogP contribution in [0.1, 0.15) is 27.1 Å². The molecular formula is C30H24F4N2O7S. The van der Waals surface area contributed by atoms with E-state index >= 15 is 4.39 Å². The third-order valence-electron chi connectivity index (χ3n) is 7.75. The highest BCUT2D eigenvalue weighted by molar-refractivity contribution is 7.92. The van der Waals surface area contributed by atoms with E-state index in [4.69, 9.17) is 9.84 Å². The molecule has 230 valence electrons. The number of sulfone groups is 1. The number of carbonyl (C=O) groups is 3. The van der Waals surface area contributed by atoms with Crippen LogP contribution in [-0.4, -0.2) is 50.0 Å². The van der Waals surface area contributed by atoms with Crippen LogP contribution in [0.25, 0.3) is 11.1 Å². The standard InChI is InChI=1S/C30H24F4N2O7S/c1-43-24-14-23(31)21(15-5-7-16(8-6-15)29(39)40)13-22(24)27(37)36-26-18-10-9-17(11-18)25(26)28(38)35-19-3-2-4-20(12-19)44(41,42)30(32,33)34/h2-10,12-14,17-18,25-26H,11H2,1H3,(H,35,38)(H,36,37)(H,39,40)/t17-,18+,25+,26-/m1/s1. The van der Waals surface area contributed by atoms with Gasteiger partial charge in [-0.05, 0) is 60.2 Å². The SMILES string of the molecule is COc1cc(F)c(-c2ccc(C(=O)O)cc2)cc1C(=O)N[C@H]1[C@@H](C(=O)Nc2cccc(S(=O)(=O)C(F)(F)F)c2)[C@@H]2C=C[C@H]1C2. The van der Waals surface area contributed by atoms with Gasteiger partial charge in [0.15, 0.2) is 0 Å². The number of benzene rings is 3. The lowest BCUT2D eigenvalue weighted by Gasteiger charge is -2.28. The van der Waals surface area contributed by atoms with Crippen LogP contribution in [-0.2, 0) is 14.6 Å². The number of carboxylic acids is 1. The second-order valence-electron chi connectivity index (χ2n) is 10.4. The van der Waals surface area contributed by atoms with Crippen molar-refractivity contribution in [3.8, 4) is 16.9 Å². The van der Waals surface area contributed by atoms with Crippen molar-refractivity contribution in [2.45, 2.75) is 22.9 Å². The van der Waals surface area contributed by atoms with Gasteiger partial charge in [0.25, 0.3) is 15.7 Å². The molecular weight excluding hydrogens is 608 g/mol. The van der Waals surface area contributed by atoms with Crippen molar-refractivity contribution in [1.82, 2.24) is 5.32 Å². The molecule has 0 spiro atoms. The van der Waals surface area contributed by atoms with Gasteiger partial charge in [0.05, 0.1) is 29.1 Å².